The number of carbonyl (C=O) groups is 4. The van der Waals surface area contributed by atoms with Crippen molar-refractivity contribution in [3.8, 4) is 0 Å². The van der Waals surface area contributed by atoms with Crippen molar-refractivity contribution in [2.24, 2.45) is 5.73 Å². The van der Waals surface area contributed by atoms with E-state index in [-0.39, 0.29) is 19.0 Å². The number of amides is 3. The largest absolute Gasteiger partial charge is 0.353 e. The first-order valence-corrected chi connectivity index (χ1v) is 7.16. The number of rotatable bonds is 11. The minimum absolute atomic E-state index is 0.104. The Kier molecular flexibility index (Phi) is 11.3. The van der Waals surface area contributed by atoms with Crippen LogP contribution in [0.25, 0.3) is 0 Å². The van der Waals surface area contributed by atoms with Crippen LogP contribution in [-0.4, -0.2) is 49.7 Å². The number of carbonyl (C=O) groups excluding carboxylic acids is 4. The number of hydrogen-bond donors (Lipinski definition) is 4. The van der Waals surface area contributed by atoms with E-state index in [1.54, 1.807) is 13.0 Å². The molecule has 5 N–H and O–H groups in total. The zero-order valence-electron chi connectivity index (χ0n) is 12.8. The number of hydrogen-bond acceptors (Lipinski definition) is 5. The second kappa shape index (κ2) is 12.5. The van der Waals surface area contributed by atoms with Crippen LogP contribution in [0.1, 0.15) is 26.2 Å². The molecular formula is C14H24N4O4. The van der Waals surface area contributed by atoms with Gasteiger partial charge in [-0.05, 0) is 32.3 Å². The number of unbranched alkanes of at least 4 members (excludes halogenated alkanes) is 1. The highest BCUT2D eigenvalue weighted by atomic mass is 16.2. The third-order valence-electron chi connectivity index (χ3n) is 2.73. The van der Waals surface area contributed by atoms with E-state index < -0.39 is 17.9 Å². The molecule has 0 aromatic carbocycles. The summed E-state index contributed by atoms with van der Waals surface area (Å²) in [6.07, 6.45) is 5.33. The van der Waals surface area contributed by atoms with Crippen molar-refractivity contribution < 1.29 is 19.2 Å². The predicted octanol–water partition coefficient (Wildman–Crippen LogP) is -1.39. The summed E-state index contributed by atoms with van der Waals surface area (Å²) >= 11 is 0. The van der Waals surface area contributed by atoms with E-state index in [1.807, 2.05) is 0 Å². The summed E-state index contributed by atoms with van der Waals surface area (Å²) in [5.41, 5.74) is 5.20. The number of nitrogens with two attached hydrogens (primary N) is 1. The van der Waals surface area contributed by atoms with Crippen molar-refractivity contribution in [1.82, 2.24) is 16.0 Å². The van der Waals surface area contributed by atoms with Gasteiger partial charge in [0.05, 0.1) is 13.1 Å². The van der Waals surface area contributed by atoms with E-state index >= 15 is 0 Å². The molecule has 3 amide bonds. The number of aldehydes is 1. The van der Waals surface area contributed by atoms with Crippen molar-refractivity contribution >= 4 is 24.0 Å². The van der Waals surface area contributed by atoms with Crippen molar-refractivity contribution in [1.29, 1.82) is 0 Å². The summed E-state index contributed by atoms with van der Waals surface area (Å²) in [7, 11) is 0. The molecule has 0 saturated heterocycles. The molecule has 0 aliphatic rings. The van der Waals surface area contributed by atoms with Crippen LogP contribution in [0, 0.1) is 0 Å². The Morgan fingerprint density at radius 1 is 1.18 bits per heavy atom. The summed E-state index contributed by atoms with van der Waals surface area (Å²) < 4.78 is 0. The fourth-order valence-corrected chi connectivity index (χ4v) is 1.68. The molecule has 0 aliphatic carbocycles. The van der Waals surface area contributed by atoms with E-state index in [0.717, 1.165) is 0 Å². The molecule has 8 heteroatoms. The van der Waals surface area contributed by atoms with Gasteiger partial charge in [0.1, 0.15) is 12.3 Å². The Balaban J connectivity index is 4.17. The second-order valence-corrected chi connectivity index (χ2v) is 4.52. The number of allylic oxidation sites excluding steroid dienone is 1. The molecule has 0 fully saturated rings. The quantitative estimate of drug-likeness (QED) is 0.212. The lowest BCUT2D eigenvalue weighted by atomic mass is 10.1. The molecule has 0 saturated carbocycles. The lowest BCUT2D eigenvalue weighted by Crippen LogP contribution is -2.48. The summed E-state index contributed by atoms with van der Waals surface area (Å²) in [5.74, 6) is -1.03. The Labute approximate surface area is 129 Å². The zero-order valence-corrected chi connectivity index (χ0v) is 12.8. The fraction of sp³-hybridized carbons (Fsp3) is 0.571. The van der Waals surface area contributed by atoms with Gasteiger partial charge in [-0.15, -0.1) is 0 Å². The van der Waals surface area contributed by atoms with Crippen molar-refractivity contribution in [2.75, 3.05) is 19.6 Å². The molecule has 0 aromatic rings. The molecule has 1 atom stereocenters. The topological polar surface area (TPSA) is 130 Å². The van der Waals surface area contributed by atoms with Gasteiger partial charge in [-0.3, -0.25) is 14.4 Å². The standard InChI is InChI=1S/C14H24N4O4/c1-2-5-12(20)16-7-4-3-6-11(18-13(21)10-15)14(22)17-8-9-19/h2,5,9,11H,3-4,6-8,10,15H2,1H3,(H,16,20)(H,17,22)(H,18,21)/b5-2+/t11-/m0/s1. The highest BCUT2D eigenvalue weighted by molar-refractivity contribution is 5.89. The van der Waals surface area contributed by atoms with Gasteiger partial charge in [0, 0.05) is 6.54 Å². The summed E-state index contributed by atoms with van der Waals surface area (Å²) in [4.78, 5) is 44.6. The molecular weight excluding hydrogens is 288 g/mol. The molecule has 0 aliphatic heterocycles. The zero-order chi connectivity index (χ0) is 16.8. The fourth-order valence-electron chi connectivity index (χ4n) is 1.68. The molecule has 0 spiro atoms. The summed E-state index contributed by atoms with van der Waals surface area (Å²) in [6.45, 7) is 1.92. The maximum atomic E-state index is 11.8. The van der Waals surface area contributed by atoms with Crippen LogP contribution in [0.4, 0.5) is 0 Å². The van der Waals surface area contributed by atoms with Crippen LogP contribution in [-0.2, 0) is 19.2 Å². The summed E-state index contributed by atoms with van der Waals surface area (Å²) in [5, 5.41) is 7.59. The normalized spacial score (nSPS) is 11.7. The van der Waals surface area contributed by atoms with E-state index in [2.05, 4.69) is 16.0 Å². The van der Waals surface area contributed by atoms with E-state index in [9.17, 15) is 19.2 Å². The predicted molar refractivity (Wildman–Crippen MR) is 81.7 cm³/mol. The number of nitrogens with one attached hydrogen (secondary N) is 3. The lowest BCUT2D eigenvalue weighted by molar-refractivity contribution is -0.129. The third-order valence-corrected chi connectivity index (χ3v) is 2.73. The highest BCUT2D eigenvalue weighted by Gasteiger charge is 2.19. The molecule has 22 heavy (non-hydrogen) atoms. The average Bonchev–Trinajstić information content (AvgIpc) is 2.51. The van der Waals surface area contributed by atoms with Crippen LogP contribution >= 0.6 is 0 Å². The van der Waals surface area contributed by atoms with E-state index in [0.29, 0.717) is 32.1 Å². The Morgan fingerprint density at radius 2 is 1.91 bits per heavy atom. The lowest BCUT2D eigenvalue weighted by Gasteiger charge is -2.17. The maximum absolute atomic E-state index is 11.8. The van der Waals surface area contributed by atoms with Crippen LogP contribution in [0.3, 0.4) is 0 Å². The van der Waals surface area contributed by atoms with Gasteiger partial charge in [0.2, 0.25) is 17.7 Å². The molecule has 124 valence electrons. The minimum Gasteiger partial charge on any atom is -0.353 e. The van der Waals surface area contributed by atoms with Crippen LogP contribution < -0.4 is 21.7 Å². The van der Waals surface area contributed by atoms with Gasteiger partial charge in [-0.2, -0.15) is 0 Å². The van der Waals surface area contributed by atoms with Gasteiger partial charge in [-0.1, -0.05) is 6.08 Å². The van der Waals surface area contributed by atoms with Crippen molar-refractivity contribution in [2.45, 2.75) is 32.2 Å². The van der Waals surface area contributed by atoms with Crippen LogP contribution in [0.15, 0.2) is 12.2 Å². The molecule has 0 rings (SSSR count). The monoisotopic (exact) mass is 312 g/mol. The summed E-state index contributed by atoms with van der Waals surface area (Å²) in [6, 6.07) is -0.734. The first-order valence-electron chi connectivity index (χ1n) is 7.16. The van der Waals surface area contributed by atoms with Gasteiger partial charge in [0.15, 0.2) is 0 Å². The third kappa shape index (κ3) is 9.65. The second-order valence-electron chi connectivity index (χ2n) is 4.52. The molecule has 0 aromatic heterocycles. The molecule has 0 unspecified atom stereocenters. The van der Waals surface area contributed by atoms with Crippen LogP contribution in [0.5, 0.6) is 0 Å². The first kappa shape index (κ1) is 19.8. The highest BCUT2D eigenvalue weighted by Crippen LogP contribution is 2.01. The first-order chi connectivity index (χ1) is 10.5. The molecule has 0 heterocycles. The van der Waals surface area contributed by atoms with Gasteiger partial charge in [0.25, 0.3) is 0 Å². The Hall–Kier alpha value is -2.22. The van der Waals surface area contributed by atoms with Crippen molar-refractivity contribution in [3.05, 3.63) is 12.2 Å². The molecule has 0 radical (unpaired) electrons. The van der Waals surface area contributed by atoms with E-state index in [1.165, 1.54) is 6.08 Å². The Morgan fingerprint density at radius 3 is 2.50 bits per heavy atom. The minimum atomic E-state index is -0.734. The Bertz CT molecular complexity index is 410. The van der Waals surface area contributed by atoms with Gasteiger partial charge < -0.3 is 26.5 Å². The maximum Gasteiger partial charge on any atom is 0.243 e. The van der Waals surface area contributed by atoms with Gasteiger partial charge in [-0.25, -0.2) is 0 Å². The average molecular weight is 312 g/mol. The van der Waals surface area contributed by atoms with E-state index in [4.69, 9.17) is 5.73 Å². The smallest absolute Gasteiger partial charge is 0.243 e. The SMILES string of the molecule is C/C=C/C(=O)NCCCC[C@H](NC(=O)CN)C(=O)NCC=O. The van der Waals surface area contributed by atoms with Gasteiger partial charge >= 0.3 is 0 Å². The molecule has 8 nitrogen and oxygen atoms in total. The van der Waals surface area contributed by atoms with Crippen LogP contribution in [0.2, 0.25) is 0 Å². The molecule has 0 bridgehead atoms. The van der Waals surface area contributed by atoms with Crippen molar-refractivity contribution in [3.63, 3.8) is 0 Å².